The fourth-order valence-corrected chi connectivity index (χ4v) is 12.3. The summed E-state index contributed by atoms with van der Waals surface area (Å²) in [7, 11) is 0. The molecule has 0 saturated heterocycles. The molecule has 0 aliphatic carbocycles. The molecule has 0 atom stereocenters. The zero-order chi connectivity index (χ0) is 75.9. The number of carboxylic acids is 2. The third-order valence-corrected chi connectivity index (χ3v) is 17.6. The summed E-state index contributed by atoms with van der Waals surface area (Å²) in [6, 6.07) is 49.8. The fraction of sp³-hybridized carbons (Fsp3) is 0.0952. The quantitative estimate of drug-likeness (QED) is 0.0759. The van der Waals surface area contributed by atoms with Gasteiger partial charge in [-0.1, -0.05) is 36.4 Å². The van der Waals surface area contributed by atoms with E-state index in [0.717, 1.165) is 94.9 Å². The average molecular weight is 1450 g/mol. The van der Waals surface area contributed by atoms with Crippen molar-refractivity contribution in [3.8, 4) is 89.5 Å². The molecule has 4 aromatic carbocycles. The first-order valence-corrected chi connectivity index (χ1v) is 33.8. The number of aromatic nitrogens is 12. The van der Waals surface area contributed by atoms with E-state index >= 15 is 0 Å². The Bertz CT molecular complexity index is 6150. The molecular weight excluding hydrogens is 1380 g/mol. The Hall–Kier alpha value is -14.2. The number of imidazole rings is 4. The first-order valence-electron chi connectivity index (χ1n) is 33.8. The number of halogens is 4. The summed E-state index contributed by atoms with van der Waals surface area (Å²) in [4.78, 5) is 80.9. The summed E-state index contributed by atoms with van der Waals surface area (Å²) in [5, 5.41) is 18.5. The minimum absolute atomic E-state index is 0.0351. The van der Waals surface area contributed by atoms with Crippen LogP contribution in [0.3, 0.4) is 0 Å². The molecule has 0 fully saturated rings. The van der Waals surface area contributed by atoms with Crippen LogP contribution in [-0.2, 0) is 9.47 Å². The number of esters is 2. The largest absolute Gasteiger partial charge is 0.475 e. The summed E-state index contributed by atoms with van der Waals surface area (Å²) >= 11 is 0. The molecule has 0 saturated carbocycles. The van der Waals surface area contributed by atoms with Gasteiger partial charge in [-0.3, -0.25) is 37.5 Å². The third kappa shape index (κ3) is 15.1. The predicted octanol–water partition coefficient (Wildman–Crippen LogP) is 17.8. The van der Waals surface area contributed by atoms with E-state index in [9.17, 15) is 47.0 Å². The summed E-state index contributed by atoms with van der Waals surface area (Å²) < 4.78 is 71.1. The van der Waals surface area contributed by atoms with Gasteiger partial charge in [-0.25, -0.2) is 56.7 Å². The van der Waals surface area contributed by atoms with Crippen LogP contribution in [-0.4, -0.2) is 105 Å². The van der Waals surface area contributed by atoms with E-state index in [1.807, 2.05) is 103 Å². The molecule has 12 heterocycles. The number of hydrogen-bond donors (Lipinski definition) is 2. The number of benzene rings is 4. The van der Waals surface area contributed by atoms with Crippen LogP contribution in [0.4, 0.5) is 17.6 Å². The lowest BCUT2D eigenvalue weighted by atomic mass is 9.99. The molecule has 16 rings (SSSR count). The number of aryl methyl sites for hydroxylation is 4. The van der Waals surface area contributed by atoms with Gasteiger partial charge in [-0.15, -0.1) is 0 Å². The van der Waals surface area contributed by atoms with Gasteiger partial charge in [0.2, 0.25) is 23.3 Å². The number of carbonyl (C=O) groups is 4. The Kier molecular flexibility index (Phi) is 21.0. The Labute approximate surface area is 614 Å². The van der Waals surface area contributed by atoms with Crippen molar-refractivity contribution < 1.29 is 56.4 Å². The normalized spacial score (nSPS) is 11.0. The van der Waals surface area contributed by atoms with Crippen molar-refractivity contribution in [1.82, 2.24) is 57.5 Å². The number of hydrogen-bond acceptors (Lipinski definition) is 14. The molecule has 24 heteroatoms. The van der Waals surface area contributed by atoms with Gasteiger partial charge in [0.1, 0.15) is 23.3 Å². The molecule has 0 bridgehead atoms. The zero-order valence-electron chi connectivity index (χ0n) is 58.7. The van der Waals surface area contributed by atoms with Crippen molar-refractivity contribution in [3.63, 3.8) is 0 Å². The number of nitrogens with zero attached hydrogens (tertiary/aromatic N) is 12. The van der Waals surface area contributed by atoms with Gasteiger partial charge < -0.3 is 19.7 Å². The van der Waals surface area contributed by atoms with Crippen molar-refractivity contribution in [2.45, 2.75) is 41.5 Å². The lowest BCUT2D eigenvalue weighted by Crippen LogP contribution is -2.09. The van der Waals surface area contributed by atoms with Crippen LogP contribution in [0.1, 0.15) is 78.6 Å². The van der Waals surface area contributed by atoms with Crippen LogP contribution in [0.25, 0.3) is 112 Å². The molecule has 12 aromatic heterocycles. The SMILES string of the molecule is CCOC(=O)c1ncc2cc(-c3cccnc3-c3ccc(F)c(C)c3)ccn12.CCOC(=O)c1ncc2ccc(-c3cccnc3-c3ccc(F)c(C)c3)cn12.Cc1cc(-c2ncccc2-c2ccc3cnc(C(=O)O)n3c2)ccc1F.Cc1cc(-c2ncccc2-c2ccn3c(C(=O)O)ncc3c2)ccc1F. The first-order chi connectivity index (χ1) is 52.2. The molecule has 2 N–H and O–H groups in total. The van der Waals surface area contributed by atoms with Gasteiger partial charge in [0.25, 0.3) is 0 Å². The molecular formula is C84H64F4N12O8. The van der Waals surface area contributed by atoms with E-state index in [-0.39, 0.29) is 53.2 Å². The maximum Gasteiger partial charge on any atom is 0.374 e. The van der Waals surface area contributed by atoms with Gasteiger partial charge in [0, 0.05) is 105 Å². The highest BCUT2D eigenvalue weighted by molar-refractivity contribution is 5.91. The third-order valence-electron chi connectivity index (χ3n) is 17.6. The minimum atomic E-state index is -1.09. The van der Waals surface area contributed by atoms with E-state index in [1.54, 1.807) is 155 Å². The average Bonchev–Trinajstić information content (AvgIpc) is 1.51. The van der Waals surface area contributed by atoms with Gasteiger partial charge in [-0.2, -0.15) is 0 Å². The highest BCUT2D eigenvalue weighted by Gasteiger charge is 2.21. The van der Waals surface area contributed by atoms with Crippen LogP contribution in [0.5, 0.6) is 0 Å². The number of aromatic carboxylic acids is 2. The molecule has 0 amide bonds. The van der Waals surface area contributed by atoms with E-state index in [0.29, 0.717) is 45.6 Å². The predicted molar refractivity (Wildman–Crippen MR) is 400 cm³/mol. The van der Waals surface area contributed by atoms with E-state index in [2.05, 4.69) is 39.9 Å². The van der Waals surface area contributed by atoms with Crippen LogP contribution in [0.15, 0.2) is 244 Å². The molecule has 0 spiro atoms. The van der Waals surface area contributed by atoms with Gasteiger partial charge in [0.15, 0.2) is 0 Å². The number of fused-ring (bicyclic) bond motifs is 4. The van der Waals surface area contributed by atoms with E-state index in [4.69, 9.17) is 9.47 Å². The van der Waals surface area contributed by atoms with Crippen molar-refractivity contribution in [3.05, 3.63) is 313 Å². The second-order valence-corrected chi connectivity index (χ2v) is 24.7. The molecule has 0 unspecified atom stereocenters. The minimum Gasteiger partial charge on any atom is -0.475 e. The van der Waals surface area contributed by atoms with Crippen molar-refractivity contribution in [2.75, 3.05) is 13.2 Å². The van der Waals surface area contributed by atoms with Gasteiger partial charge in [0.05, 0.1) is 82.8 Å². The lowest BCUT2D eigenvalue weighted by Gasteiger charge is -2.11. The Balaban J connectivity index is 0.000000127. The highest BCUT2D eigenvalue weighted by Crippen LogP contribution is 2.37. The smallest absolute Gasteiger partial charge is 0.374 e. The molecule has 0 radical (unpaired) electrons. The zero-order valence-corrected chi connectivity index (χ0v) is 58.7. The second kappa shape index (κ2) is 31.4. The summed E-state index contributed by atoms with van der Waals surface area (Å²) in [5.74, 6) is -3.75. The first kappa shape index (κ1) is 72.2. The molecule has 536 valence electrons. The molecule has 108 heavy (non-hydrogen) atoms. The summed E-state index contributed by atoms with van der Waals surface area (Å²) in [5.41, 5.74) is 18.3. The van der Waals surface area contributed by atoms with E-state index in [1.165, 1.54) is 45.5 Å². The van der Waals surface area contributed by atoms with E-state index < -0.39 is 23.9 Å². The van der Waals surface area contributed by atoms with Crippen molar-refractivity contribution in [2.24, 2.45) is 0 Å². The second-order valence-electron chi connectivity index (χ2n) is 24.7. The van der Waals surface area contributed by atoms with Crippen molar-refractivity contribution in [1.29, 1.82) is 0 Å². The highest BCUT2D eigenvalue weighted by atomic mass is 19.1. The number of rotatable bonds is 14. The molecule has 0 aliphatic rings. The number of carbonyl (C=O) groups excluding carboxylic acids is 2. The van der Waals surface area contributed by atoms with Crippen LogP contribution >= 0.6 is 0 Å². The van der Waals surface area contributed by atoms with Gasteiger partial charge in [-0.05, 0) is 208 Å². The van der Waals surface area contributed by atoms with Gasteiger partial charge >= 0.3 is 23.9 Å². The lowest BCUT2D eigenvalue weighted by molar-refractivity contribution is 0.0502. The number of ether oxygens (including phenoxy) is 2. The Morgan fingerprint density at radius 3 is 0.954 bits per heavy atom. The standard InChI is InChI=1S/2C22H18FN3O2.2C20H14FN3O2/c1-3-28-22(27)21-25-12-17-8-6-16(13-26(17)21)18-5-4-10-24-20(18)15-7-9-19(23)14(2)11-15;1-3-28-22(27)21-25-13-17-12-15(8-10-26(17)21)18-5-4-9-24-20(18)16-6-7-19(23)14(2)11-16;1-12-9-13(5-7-17(12)21)18-16(3-2-8-22-18)14-4-6-15-10-23-19(20(25)26)24(15)11-14;1-12-9-14(4-5-17(12)21)18-16(3-2-7-22-18)13-6-8-24-15(10-13)11-23-19(24)20(25)26/h2*4-13H,3H2,1-2H3;2*2-11H,1H3,(H,25,26). The Morgan fingerprint density at radius 1 is 0.333 bits per heavy atom. The van der Waals surface area contributed by atoms with Crippen LogP contribution < -0.4 is 0 Å². The monoisotopic (exact) mass is 1440 g/mol. The summed E-state index contributed by atoms with van der Waals surface area (Å²) in [6.07, 6.45) is 20.1. The fourth-order valence-electron chi connectivity index (χ4n) is 12.3. The summed E-state index contributed by atoms with van der Waals surface area (Å²) in [6.45, 7) is 11.0. The maximum atomic E-state index is 13.7. The van der Waals surface area contributed by atoms with Crippen LogP contribution in [0, 0.1) is 51.0 Å². The van der Waals surface area contributed by atoms with Crippen LogP contribution in [0.2, 0.25) is 0 Å². The Morgan fingerprint density at radius 2 is 0.620 bits per heavy atom. The number of carboxylic acid groups (broad SMARTS) is 2. The molecule has 20 nitrogen and oxygen atoms in total. The molecule has 16 aromatic rings. The number of pyridine rings is 8. The molecule has 0 aliphatic heterocycles. The van der Waals surface area contributed by atoms with Crippen molar-refractivity contribution >= 4 is 45.9 Å². The maximum absolute atomic E-state index is 13.7. The topological polar surface area (TPSA) is 248 Å².